The highest BCUT2D eigenvalue weighted by Gasteiger charge is 2.22. The Hall–Kier alpha value is -2.70. The molecule has 1 saturated heterocycles. The van der Waals surface area contributed by atoms with Crippen LogP contribution in [0.15, 0.2) is 40.9 Å². The van der Waals surface area contributed by atoms with E-state index in [2.05, 4.69) is 25.0 Å². The first-order valence-electron chi connectivity index (χ1n) is 7.13. The molecule has 0 saturated carbocycles. The average molecular weight is 299 g/mol. The maximum atomic E-state index is 13.2. The van der Waals surface area contributed by atoms with Gasteiger partial charge in [0.25, 0.3) is 6.01 Å². The Morgan fingerprint density at radius 3 is 2.64 bits per heavy atom. The normalized spacial score (nSPS) is 15.5. The van der Waals surface area contributed by atoms with Crippen LogP contribution in [0.25, 0.3) is 11.1 Å². The Bertz CT molecular complexity index is 783. The van der Waals surface area contributed by atoms with E-state index in [9.17, 15) is 4.39 Å². The van der Waals surface area contributed by atoms with Gasteiger partial charge in [0, 0.05) is 38.4 Å². The van der Waals surface area contributed by atoms with Crippen molar-refractivity contribution in [2.24, 2.45) is 0 Å². The number of hydrogen-bond acceptors (Lipinski definition) is 6. The van der Waals surface area contributed by atoms with Crippen molar-refractivity contribution in [1.82, 2.24) is 15.2 Å². The van der Waals surface area contributed by atoms with E-state index in [1.165, 1.54) is 12.1 Å². The summed E-state index contributed by atoms with van der Waals surface area (Å²) >= 11 is 0. The van der Waals surface area contributed by atoms with Crippen LogP contribution in [-0.4, -0.2) is 41.4 Å². The second-order valence-electron chi connectivity index (χ2n) is 5.16. The van der Waals surface area contributed by atoms with E-state index in [0.29, 0.717) is 17.1 Å². The third-order valence-electron chi connectivity index (χ3n) is 3.77. The van der Waals surface area contributed by atoms with Crippen LogP contribution in [-0.2, 0) is 0 Å². The molecule has 1 aliphatic heterocycles. The van der Waals surface area contributed by atoms with Gasteiger partial charge in [0.05, 0.1) is 0 Å². The van der Waals surface area contributed by atoms with Gasteiger partial charge in [-0.2, -0.15) is 10.1 Å². The number of benzene rings is 1. The Balaban J connectivity index is 1.50. The van der Waals surface area contributed by atoms with Crippen LogP contribution in [0.1, 0.15) is 0 Å². The number of fused-ring (bicyclic) bond motifs is 1. The summed E-state index contributed by atoms with van der Waals surface area (Å²) < 4.78 is 18.9. The van der Waals surface area contributed by atoms with Crippen LogP contribution in [0.3, 0.4) is 0 Å². The number of hydrogen-bond donors (Lipinski definition) is 0. The fraction of sp³-hybridized carbons (Fsp3) is 0.267. The molecule has 1 aromatic carbocycles. The van der Waals surface area contributed by atoms with Crippen molar-refractivity contribution in [3.8, 4) is 0 Å². The third-order valence-corrected chi connectivity index (χ3v) is 3.77. The molecule has 0 amide bonds. The van der Waals surface area contributed by atoms with Crippen molar-refractivity contribution >= 4 is 22.9 Å². The van der Waals surface area contributed by atoms with Crippen LogP contribution in [0.5, 0.6) is 0 Å². The van der Waals surface area contributed by atoms with E-state index in [0.717, 1.165) is 32.0 Å². The number of rotatable bonds is 2. The molecule has 22 heavy (non-hydrogen) atoms. The zero-order chi connectivity index (χ0) is 14.9. The summed E-state index contributed by atoms with van der Waals surface area (Å²) in [6.45, 7) is 3.16. The smallest absolute Gasteiger partial charge is 0.298 e. The Morgan fingerprint density at radius 2 is 1.86 bits per heavy atom. The molecule has 2 aromatic heterocycles. The van der Waals surface area contributed by atoms with Crippen molar-refractivity contribution in [2.75, 3.05) is 36.0 Å². The molecule has 112 valence electrons. The highest BCUT2D eigenvalue weighted by molar-refractivity contribution is 5.74. The van der Waals surface area contributed by atoms with Gasteiger partial charge in [-0.25, -0.2) is 4.39 Å². The number of nitrogens with zero attached hydrogens (tertiary/aromatic N) is 5. The SMILES string of the molecule is Fc1ccc2nc(N3CCN(c4cccnn4)CC3)oc2c1. The van der Waals surface area contributed by atoms with E-state index >= 15 is 0 Å². The number of halogens is 1. The zero-order valence-electron chi connectivity index (χ0n) is 11.8. The molecule has 1 fully saturated rings. The van der Waals surface area contributed by atoms with Gasteiger partial charge in [-0.3, -0.25) is 0 Å². The van der Waals surface area contributed by atoms with Gasteiger partial charge in [-0.1, -0.05) is 0 Å². The molecule has 3 aromatic rings. The molecular formula is C15H14FN5O. The van der Waals surface area contributed by atoms with Crippen molar-refractivity contribution < 1.29 is 8.81 Å². The lowest BCUT2D eigenvalue weighted by Gasteiger charge is -2.34. The molecule has 7 heteroatoms. The second-order valence-corrected chi connectivity index (χ2v) is 5.16. The van der Waals surface area contributed by atoms with Crippen molar-refractivity contribution in [2.45, 2.75) is 0 Å². The highest BCUT2D eigenvalue weighted by atomic mass is 19.1. The van der Waals surface area contributed by atoms with Gasteiger partial charge in [0.1, 0.15) is 11.3 Å². The monoisotopic (exact) mass is 299 g/mol. The van der Waals surface area contributed by atoms with Crippen LogP contribution >= 0.6 is 0 Å². The summed E-state index contributed by atoms with van der Waals surface area (Å²) in [6, 6.07) is 8.75. The lowest BCUT2D eigenvalue weighted by molar-refractivity contribution is 0.537. The van der Waals surface area contributed by atoms with E-state index in [1.54, 1.807) is 12.3 Å². The first-order chi connectivity index (χ1) is 10.8. The molecule has 0 bridgehead atoms. The minimum atomic E-state index is -0.317. The topological polar surface area (TPSA) is 58.3 Å². The van der Waals surface area contributed by atoms with Gasteiger partial charge in [-0.15, -0.1) is 5.10 Å². The highest BCUT2D eigenvalue weighted by Crippen LogP contribution is 2.24. The molecule has 0 spiro atoms. The van der Waals surface area contributed by atoms with Crippen LogP contribution in [0.4, 0.5) is 16.2 Å². The largest absolute Gasteiger partial charge is 0.423 e. The zero-order valence-corrected chi connectivity index (χ0v) is 11.8. The minimum absolute atomic E-state index is 0.317. The minimum Gasteiger partial charge on any atom is -0.423 e. The van der Waals surface area contributed by atoms with E-state index in [-0.39, 0.29) is 5.82 Å². The molecule has 0 atom stereocenters. The number of oxazole rings is 1. The second kappa shape index (κ2) is 5.25. The van der Waals surface area contributed by atoms with Gasteiger partial charge in [0.15, 0.2) is 11.4 Å². The summed E-state index contributed by atoms with van der Waals surface area (Å²) in [4.78, 5) is 8.65. The van der Waals surface area contributed by atoms with Crippen molar-refractivity contribution in [1.29, 1.82) is 0 Å². The predicted molar refractivity (Wildman–Crippen MR) is 80.4 cm³/mol. The summed E-state index contributed by atoms with van der Waals surface area (Å²) in [5.74, 6) is 0.560. The van der Waals surface area contributed by atoms with Crippen LogP contribution in [0.2, 0.25) is 0 Å². The fourth-order valence-corrected chi connectivity index (χ4v) is 2.61. The van der Waals surface area contributed by atoms with Crippen LogP contribution in [0, 0.1) is 5.82 Å². The Labute approximate surface area is 126 Å². The average Bonchev–Trinajstić information content (AvgIpc) is 2.99. The maximum Gasteiger partial charge on any atom is 0.298 e. The molecule has 4 rings (SSSR count). The maximum absolute atomic E-state index is 13.2. The summed E-state index contributed by atoms with van der Waals surface area (Å²) in [5, 5.41) is 8.02. The molecular weight excluding hydrogens is 285 g/mol. The Morgan fingerprint density at radius 1 is 1.05 bits per heavy atom. The molecule has 3 heterocycles. The van der Waals surface area contributed by atoms with Gasteiger partial charge >= 0.3 is 0 Å². The lowest BCUT2D eigenvalue weighted by atomic mass is 10.3. The Kier molecular flexibility index (Phi) is 3.10. The molecule has 0 unspecified atom stereocenters. The van der Waals surface area contributed by atoms with E-state index in [1.807, 2.05) is 12.1 Å². The summed E-state index contributed by atoms with van der Waals surface area (Å²) in [6.07, 6.45) is 1.66. The van der Waals surface area contributed by atoms with Crippen molar-refractivity contribution in [3.05, 3.63) is 42.3 Å². The lowest BCUT2D eigenvalue weighted by Crippen LogP contribution is -2.47. The molecule has 0 aliphatic carbocycles. The van der Waals surface area contributed by atoms with Gasteiger partial charge in [0.2, 0.25) is 0 Å². The predicted octanol–water partition coefficient (Wildman–Crippen LogP) is 2.08. The van der Waals surface area contributed by atoms with E-state index < -0.39 is 0 Å². The molecule has 1 aliphatic rings. The standard InChI is InChI=1S/C15H14FN5O/c16-11-3-4-12-13(10-11)22-15(18-12)21-8-6-20(7-9-21)14-2-1-5-17-19-14/h1-5,10H,6-9H2. The summed E-state index contributed by atoms with van der Waals surface area (Å²) in [5.41, 5.74) is 1.15. The quantitative estimate of drug-likeness (QED) is 0.722. The molecule has 6 nitrogen and oxygen atoms in total. The molecule has 0 radical (unpaired) electrons. The molecule has 0 N–H and O–H groups in total. The number of piperazine rings is 1. The number of anilines is 2. The summed E-state index contributed by atoms with van der Waals surface area (Å²) in [7, 11) is 0. The fourth-order valence-electron chi connectivity index (χ4n) is 2.61. The third kappa shape index (κ3) is 2.34. The first-order valence-corrected chi connectivity index (χ1v) is 7.13. The number of aromatic nitrogens is 3. The first kappa shape index (κ1) is 13.0. The van der Waals surface area contributed by atoms with Gasteiger partial charge < -0.3 is 14.2 Å². The van der Waals surface area contributed by atoms with Crippen LogP contribution < -0.4 is 9.80 Å². The van der Waals surface area contributed by atoms with Crippen molar-refractivity contribution in [3.63, 3.8) is 0 Å². The van der Waals surface area contributed by atoms with Gasteiger partial charge in [-0.05, 0) is 24.3 Å². The van der Waals surface area contributed by atoms with E-state index in [4.69, 9.17) is 4.42 Å².